The first-order chi connectivity index (χ1) is 8.77. The molecule has 1 aromatic rings. The molecule has 0 bridgehead atoms. The highest BCUT2D eigenvalue weighted by molar-refractivity contribution is 9.10. The maximum Gasteiger partial charge on any atom is 0.273 e. The molecule has 1 aromatic heterocycles. The summed E-state index contributed by atoms with van der Waals surface area (Å²) in [6.07, 6.45) is 3.18. The average molecular weight is 330 g/mol. The van der Waals surface area contributed by atoms with E-state index < -0.39 is 0 Å². The Bertz CT molecular complexity index is 466. The number of nitrogens with zero attached hydrogens (tertiary/aromatic N) is 3. The Labute approximate surface area is 119 Å². The number of halogens is 1. The third-order valence-corrected chi connectivity index (χ3v) is 5.10. The average Bonchev–Trinajstić information content (AvgIpc) is 2.78. The van der Waals surface area contributed by atoms with E-state index in [9.17, 15) is 4.79 Å². The summed E-state index contributed by atoms with van der Waals surface area (Å²) >= 11 is 5.38. The first-order valence-electron chi connectivity index (χ1n) is 6.39. The first kappa shape index (κ1) is 12.5. The van der Waals surface area contributed by atoms with E-state index in [1.165, 1.54) is 0 Å². The van der Waals surface area contributed by atoms with Crippen molar-refractivity contribution in [1.29, 1.82) is 0 Å². The molecule has 6 heteroatoms. The van der Waals surface area contributed by atoms with Gasteiger partial charge < -0.3 is 9.47 Å². The predicted octanol–water partition coefficient (Wildman–Crippen LogP) is 2.17. The van der Waals surface area contributed by atoms with Crippen molar-refractivity contribution in [2.45, 2.75) is 25.8 Å². The lowest BCUT2D eigenvalue weighted by atomic mass is 10.3. The summed E-state index contributed by atoms with van der Waals surface area (Å²) in [6, 6.07) is 0. The number of aromatic nitrogens is 2. The zero-order chi connectivity index (χ0) is 12.5. The van der Waals surface area contributed by atoms with Crippen molar-refractivity contribution >= 4 is 33.6 Å². The van der Waals surface area contributed by atoms with Gasteiger partial charge in [0.25, 0.3) is 5.91 Å². The molecule has 98 valence electrons. The van der Waals surface area contributed by atoms with Gasteiger partial charge in [-0.2, -0.15) is 11.8 Å². The van der Waals surface area contributed by atoms with Gasteiger partial charge >= 0.3 is 0 Å². The van der Waals surface area contributed by atoms with Crippen LogP contribution in [-0.2, 0) is 13.0 Å². The molecule has 18 heavy (non-hydrogen) atoms. The van der Waals surface area contributed by atoms with Crippen molar-refractivity contribution in [1.82, 2.24) is 14.5 Å². The zero-order valence-corrected chi connectivity index (χ0v) is 12.6. The molecule has 0 aliphatic carbocycles. The molecule has 2 aliphatic heterocycles. The molecule has 0 atom stereocenters. The summed E-state index contributed by atoms with van der Waals surface area (Å²) in [6.45, 7) is 2.66. The number of rotatable bonds is 1. The first-order valence-corrected chi connectivity index (χ1v) is 8.34. The number of imidazole rings is 1. The van der Waals surface area contributed by atoms with Gasteiger partial charge in [0.1, 0.15) is 16.1 Å². The van der Waals surface area contributed by atoms with Crippen LogP contribution in [0.1, 0.15) is 29.2 Å². The maximum absolute atomic E-state index is 12.6. The van der Waals surface area contributed by atoms with E-state index in [1.807, 2.05) is 16.7 Å². The quantitative estimate of drug-likeness (QED) is 0.792. The van der Waals surface area contributed by atoms with Crippen LogP contribution in [-0.4, -0.2) is 45.0 Å². The topological polar surface area (TPSA) is 38.1 Å². The van der Waals surface area contributed by atoms with E-state index in [0.717, 1.165) is 66.5 Å². The standard InChI is InChI=1S/C12H16BrN3OS/c13-11-10(16-5-1-3-9(16)14-11)12(17)15-4-2-7-18-8-6-15/h1-8H2. The largest absolute Gasteiger partial charge is 0.336 e. The van der Waals surface area contributed by atoms with Crippen molar-refractivity contribution in [2.75, 3.05) is 24.6 Å². The van der Waals surface area contributed by atoms with Crippen LogP contribution < -0.4 is 0 Å². The summed E-state index contributed by atoms with van der Waals surface area (Å²) in [5, 5.41) is 0. The Morgan fingerprint density at radius 3 is 3.00 bits per heavy atom. The van der Waals surface area contributed by atoms with Crippen molar-refractivity contribution in [3.05, 3.63) is 16.1 Å². The molecule has 2 aliphatic rings. The van der Waals surface area contributed by atoms with E-state index in [2.05, 4.69) is 25.5 Å². The molecule has 0 radical (unpaired) electrons. The van der Waals surface area contributed by atoms with Crippen LogP contribution >= 0.6 is 27.7 Å². The molecule has 1 amide bonds. The van der Waals surface area contributed by atoms with Crippen LogP contribution in [0.4, 0.5) is 0 Å². The van der Waals surface area contributed by atoms with Crippen molar-refractivity contribution in [3.8, 4) is 0 Å². The predicted molar refractivity (Wildman–Crippen MR) is 76.1 cm³/mol. The molecule has 0 unspecified atom stereocenters. The lowest BCUT2D eigenvalue weighted by Crippen LogP contribution is -2.34. The highest BCUT2D eigenvalue weighted by atomic mass is 79.9. The fraction of sp³-hybridized carbons (Fsp3) is 0.667. The lowest BCUT2D eigenvalue weighted by molar-refractivity contribution is 0.0757. The number of hydrogen-bond acceptors (Lipinski definition) is 3. The summed E-state index contributed by atoms with van der Waals surface area (Å²) in [5.74, 6) is 3.40. The van der Waals surface area contributed by atoms with Gasteiger partial charge in [-0.05, 0) is 34.5 Å². The summed E-state index contributed by atoms with van der Waals surface area (Å²) in [5.41, 5.74) is 0.759. The maximum atomic E-state index is 12.6. The number of carbonyl (C=O) groups is 1. The number of amides is 1. The second kappa shape index (κ2) is 5.25. The van der Waals surface area contributed by atoms with Gasteiger partial charge in [0.15, 0.2) is 0 Å². The highest BCUT2D eigenvalue weighted by Crippen LogP contribution is 2.26. The minimum absolute atomic E-state index is 0.144. The van der Waals surface area contributed by atoms with Gasteiger partial charge in [-0.15, -0.1) is 0 Å². The third-order valence-electron chi connectivity index (χ3n) is 3.50. The van der Waals surface area contributed by atoms with E-state index in [-0.39, 0.29) is 5.91 Å². The van der Waals surface area contributed by atoms with Crippen molar-refractivity contribution in [3.63, 3.8) is 0 Å². The molecule has 0 N–H and O–H groups in total. The van der Waals surface area contributed by atoms with Gasteiger partial charge in [-0.25, -0.2) is 4.98 Å². The Kier molecular flexibility index (Phi) is 3.66. The number of fused-ring (bicyclic) bond motifs is 1. The molecule has 1 fully saturated rings. The summed E-state index contributed by atoms with van der Waals surface area (Å²) in [7, 11) is 0. The SMILES string of the molecule is O=C(c1c(Br)nc2n1CCC2)N1CCCSCC1. The number of carbonyl (C=O) groups excluding carboxylic acids is 1. The van der Waals surface area contributed by atoms with Gasteiger partial charge in [-0.1, -0.05) is 0 Å². The Balaban J connectivity index is 1.87. The van der Waals surface area contributed by atoms with E-state index in [1.54, 1.807) is 0 Å². The van der Waals surface area contributed by atoms with E-state index in [4.69, 9.17) is 0 Å². The minimum atomic E-state index is 0.144. The molecule has 3 rings (SSSR count). The third kappa shape index (κ3) is 2.20. The molecule has 1 saturated heterocycles. The second-order valence-corrected chi connectivity index (χ2v) is 6.66. The second-order valence-electron chi connectivity index (χ2n) is 4.68. The summed E-state index contributed by atoms with van der Waals surface area (Å²) in [4.78, 5) is 19.1. The molecule has 0 aromatic carbocycles. The van der Waals surface area contributed by atoms with Crippen molar-refractivity contribution in [2.24, 2.45) is 0 Å². The normalized spacial score (nSPS) is 19.7. The van der Waals surface area contributed by atoms with Gasteiger partial charge in [-0.3, -0.25) is 4.79 Å². The van der Waals surface area contributed by atoms with Crippen molar-refractivity contribution < 1.29 is 4.79 Å². The molecule has 3 heterocycles. The number of aryl methyl sites for hydroxylation is 1. The van der Waals surface area contributed by atoms with Gasteiger partial charge in [0.05, 0.1) is 0 Å². The molecule has 0 saturated carbocycles. The van der Waals surface area contributed by atoms with Crippen LogP contribution in [0.5, 0.6) is 0 Å². The molecular formula is C12H16BrN3OS. The smallest absolute Gasteiger partial charge is 0.273 e. The van der Waals surface area contributed by atoms with Gasteiger partial charge in [0, 0.05) is 31.8 Å². The summed E-state index contributed by atoms with van der Waals surface area (Å²) < 4.78 is 2.81. The highest BCUT2D eigenvalue weighted by Gasteiger charge is 2.28. The fourth-order valence-electron chi connectivity index (χ4n) is 2.60. The zero-order valence-electron chi connectivity index (χ0n) is 10.2. The fourth-order valence-corrected chi connectivity index (χ4v) is 4.07. The molecular weight excluding hydrogens is 314 g/mol. The monoisotopic (exact) mass is 329 g/mol. The van der Waals surface area contributed by atoms with Crippen LogP contribution in [0.3, 0.4) is 0 Å². The molecule has 4 nitrogen and oxygen atoms in total. The van der Waals surface area contributed by atoms with E-state index >= 15 is 0 Å². The van der Waals surface area contributed by atoms with Crippen LogP contribution in [0, 0.1) is 0 Å². The van der Waals surface area contributed by atoms with Crippen LogP contribution in [0.25, 0.3) is 0 Å². The Morgan fingerprint density at radius 2 is 2.11 bits per heavy atom. The van der Waals surface area contributed by atoms with E-state index in [0.29, 0.717) is 0 Å². The Hall–Kier alpha value is -0.490. The Morgan fingerprint density at radius 1 is 1.22 bits per heavy atom. The number of thioether (sulfide) groups is 1. The van der Waals surface area contributed by atoms with Crippen LogP contribution in [0.2, 0.25) is 0 Å². The van der Waals surface area contributed by atoms with Crippen LogP contribution in [0.15, 0.2) is 4.60 Å². The van der Waals surface area contributed by atoms with Gasteiger partial charge in [0.2, 0.25) is 0 Å². The minimum Gasteiger partial charge on any atom is -0.336 e. The molecule has 0 spiro atoms. The lowest BCUT2D eigenvalue weighted by Gasteiger charge is -2.20. The number of hydrogen-bond donors (Lipinski definition) is 0.